The van der Waals surface area contributed by atoms with Gasteiger partial charge < -0.3 is 4.74 Å². The molecule has 0 saturated carbocycles. The first-order valence-electron chi connectivity index (χ1n) is 4.89. The smallest absolute Gasteiger partial charge is 0.223 e. The van der Waals surface area contributed by atoms with Crippen LogP contribution in [0.5, 0.6) is 11.6 Å². The number of halogens is 1. The molecule has 4 nitrogen and oxygen atoms in total. The molecule has 0 bridgehead atoms. The quantitative estimate of drug-likeness (QED) is 0.780. The van der Waals surface area contributed by atoms with Crippen molar-refractivity contribution in [3.8, 4) is 17.7 Å². The monoisotopic (exact) mass is 245 g/mol. The third-order valence-corrected chi connectivity index (χ3v) is 2.24. The van der Waals surface area contributed by atoms with Crippen LogP contribution < -0.4 is 4.74 Å². The van der Waals surface area contributed by atoms with Gasteiger partial charge in [0.1, 0.15) is 17.2 Å². The highest BCUT2D eigenvalue weighted by Crippen LogP contribution is 2.21. The summed E-state index contributed by atoms with van der Waals surface area (Å²) < 4.78 is 5.47. The third kappa shape index (κ3) is 3.16. The summed E-state index contributed by atoms with van der Waals surface area (Å²) in [4.78, 5) is 7.68. The Labute approximate surface area is 103 Å². The minimum absolute atomic E-state index is 0.330. The lowest BCUT2D eigenvalue weighted by Gasteiger charge is -2.04. The maximum Gasteiger partial charge on any atom is 0.223 e. The number of nitrogens with zero attached hydrogens (tertiary/aromatic N) is 3. The van der Waals surface area contributed by atoms with Crippen LogP contribution >= 0.6 is 11.6 Å². The summed E-state index contributed by atoms with van der Waals surface area (Å²) in [6, 6.07) is 10.8. The maximum atomic E-state index is 8.54. The number of benzene rings is 1. The number of hydrogen-bond donors (Lipinski definition) is 0. The van der Waals surface area contributed by atoms with Gasteiger partial charge in [0.25, 0.3) is 0 Å². The van der Waals surface area contributed by atoms with E-state index in [-0.39, 0.29) is 0 Å². The van der Waals surface area contributed by atoms with Crippen LogP contribution in [0.3, 0.4) is 0 Å². The van der Waals surface area contributed by atoms with Gasteiger partial charge in [0, 0.05) is 6.07 Å². The Bertz CT molecular complexity index is 548. The van der Waals surface area contributed by atoms with Gasteiger partial charge in [-0.25, -0.2) is 9.97 Å². The SMILES string of the molecule is N#CCc1ccc(Oc2cc(Cl)ncn2)cc1. The molecule has 0 atom stereocenters. The standard InChI is InChI=1S/C12H8ClN3O/c13-11-7-12(16-8-15-11)17-10-3-1-9(2-4-10)5-6-14/h1-4,7-8H,5H2. The van der Waals surface area contributed by atoms with Crippen LogP contribution in [0.25, 0.3) is 0 Å². The molecule has 0 aliphatic carbocycles. The summed E-state index contributed by atoms with van der Waals surface area (Å²) in [5.41, 5.74) is 0.945. The Balaban J connectivity index is 2.11. The summed E-state index contributed by atoms with van der Waals surface area (Å²) in [5, 5.41) is 8.87. The van der Waals surface area contributed by atoms with Crippen LogP contribution in [0.15, 0.2) is 36.7 Å². The van der Waals surface area contributed by atoms with Crippen LogP contribution in [0.4, 0.5) is 0 Å². The molecule has 1 aromatic heterocycles. The van der Waals surface area contributed by atoms with Gasteiger partial charge in [0.15, 0.2) is 0 Å². The summed E-state index contributed by atoms with van der Waals surface area (Å²) in [6.45, 7) is 0. The highest BCUT2D eigenvalue weighted by Gasteiger charge is 2.00. The van der Waals surface area contributed by atoms with E-state index < -0.39 is 0 Å². The topological polar surface area (TPSA) is 58.8 Å². The molecule has 17 heavy (non-hydrogen) atoms. The van der Waals surface area contributed by atoms with Gasteiger partial charge in [-0.1, -0.05) is 23.7 Å². The van der Waals surface area contributed by atoms with E-state index in [9.17, 15) is 0 Å². The molecular formula is C12H8ClN3O. The second-order valence-corrected chi connectivity index (χ2v) is 3.65. The average Bonchev–Trinajstić information content (AvgIpc) is 2.32. The second-order valence-electron chi connectivity index (χ2n) is 3.26. The van der Waals surface area contributed by atoms with Gasteiger partial charge >= 0.3 is 0 Å². The van der Waals surface area contributed by atoms with Gasteiger partial charge in [0.05, 0.1) is 12.5 Å². The van der Waals surface area contributed by atoms with Crippen LogP contribution in [0, 0.1) is 11.3 Å². The number of hydrogen-bond acceptors (Lipinski definition) is 4. The average molecular weight is 246 g/mol. The number of nitriles is 1. The molecule has 0 aliphatic rings. The molecule has 0 aliphatic heterocycles. The molecule has 0 spiro atoms. The minimum atomic E-state index is 0.330. The first kappa shape index (κ1) is 11.4. The largest absolute Gasteiger partial charge is 0.439 e. The number of aromatic nitrogens is 2. The lowest BCUT2D eigenvalue weighted by Crippen LogP contribution is -1.89. The number of ether oxygens (including phenoxy) is 1. The van der Waals surface area contributed by atoms with E-state index >= 15 is 0 Å². The zero-order valence-corrected chi connectivity index (χ0v) is 9.55. The molecule has 84 valence electrons. The van der Waals surface area contributed by atoms with Gasteiger partial charge in [-0.05, 0) is 17.7 Å². The molecule has 0 saturated heterocycles. The van der Waals surface area contributed by atoms with Crippen molar-refractivity contribution in [2.45, 2.75) is 6.42 Å². The van der Waals surface area contributed by atoms with Crippen molar-refractivity contribution >= 4 is 11.6 Å². The van der Waals surface area contributed by atoms with Crippen LogP contribution in [0.2, 0.25) is 5.15 Å². The van der Waals surface area contributed by atoms with Crippen molar-refractivity contribution in [2.75, 3.05) is 0 Å². The van der Waals surface area contributed by atoms with Gasteiger partial charge in [-0.15, -0.1) is 0 Å². The van der Waals surface area contributed by atoms with Crippen molar-refractivity contribution in [2.24, 2.45) is 0 Å². The first-order valence-corrected chi connectivity index (χ1v) is 5.27. The molecule has 2 rings (SSSR count). The Morgan fingerprint density at radius 2 is 2.00 bits per heavy atom. The van der Waals surface area contributed by atoms with Gasteiger partial charge in [-0.3, -0.25) is 0 Å². The fourth-order valence-corrected chi connectivity index (χ4v) is 1.40. The zero-order chi connectivity index (χ0) is 12.1. The summed E-state index contributed by atoms with van der Waals surface area (Å²) in [5.74, 6) is 1.03. The summed E-state index contributed by atoms with van der Waals surface area (Å²) in [6.07, 6.45) is 1.72. The Morgan fingerprint density at radius 3 is 2.65 bits per heavy atom. The van der Waals surface area contributed by atoms with Gasteiger partial charge in [0.2, 0.25) is 5.88 Å². The normalized spacial score (nSPS) is 9.65. The van der Waals surface area contributed by atoms with E-state index in [1.807, 2.05) is 12.1 Å². The van der Waals surface area contributed by atoms with E-state index in [2.05, 4.69) is 16.0 Å². The van der Waals surface area contributed by atoms with Crippen molar-refractivity contribution in [3.05, 3.63) is 47.4 Å². The number of rotatable bonds is 3. The summed E-state index contributed by atoms with van der Waals surface area (Å²) >= 11 is 5.71. The lowest BCUT2D eigenvalue weighted by molar-refractivity contribution is 0.461. The van der Waals surface area contributed by atoms with E-state index in [0.29, 0.717) is 23.2 Å². The van der Waals surface area contributed by atoms with Crippen molar-refractivity contribution < 1.29 is 4.74 Å². The van der Waals surface area contributed by atoms with Crippen molar-refractivity contribution in [3.63, 3.8) is 0 Å². The minimum Gasteiger partial charge on any atom is -0.439 e. The van der Waals surface area contributed by atoms with Crippen LogP contribution in [-0.2, 0) is 6.42 Å². The Morgan fingerprint density at radius 1 is 1.24 bits per heavy atom. The fourth-order valence-electron chi connectivity index (χ4n) is 1.26. The highest BCUT2D eigenvalue weighted by molar-refractivity contribution is 6.29. The van der Waals surface area contributed by atoms with Crippen LogP contribution in [-0.4, -0.2) is 9.97 Å². The Kier molecular flexibility index (Phi) is 3.53. The Hall–Kier alpha value is -2.12. The zero-order valence-electron chi connectivity index (χ0n) is 8.80. The third-order valence-electron chi connectivity index (χ3n) is 2.04. The first-order chi connectivity index (χ1) is 8.28. The van der Waals surface area contributed by atoms with E-state index in [1.54, 1.807) is 12.1 Å². The molecule has 1 aromatic carbocycles. The molecule has 1 heterocycles. The highest BCUT2D eigenvalue weighted by atomic mass is 35.5. The molecular weight excluding hydrogens is 238 g/mol. The van der Waals surface area contributed by atoms with E-state index in [1.165, 1.54) is 12.4 Å². The predicted molar refractivity (Wildman–Crippen MR) is 62.9 cm³/mol. The fraction of sp³-hybridized carbons (Fsp3) is 0.0833. The predicted octanol–water partition coefficient (Wildman–Crippen LogP) is 2.99. The molecule has 0 unspecified atom stereocenters. The van der Waals surface area contributed by atoms with Crippen LogP contribution in [0.1, 0.15) is 5.56 Å². The van der Waals surface area contributed by atoms with Crippen molar-refractivity contribution in [1.82, 2.24) is 9.97 Å². The maximum absolute atomic E-state index is 8.54. The molecule has 2 aromatic rings. The molecule has 0 amide bonds. The van der Waals surface area contributed by atoms with Gasteiger partial charge in [-0.2, -0.15) is 5.26 Å². The molecule has 0 N–H and O–H groups in total. The summed E-state index contributed by atoms with van der Waals surface area (Å²) in [7, 11) is 0. The lowest BCUT2D eigenvalue weighted by atomic mass is 10.2. The molecule has 0 radical (unpaired) electrons. The van der Waals surface area contributed by atoms with Crippen molar-refractivity contribution in [1.29, 1.82) is 5.26 Å². The molecule has 0 fully saturated rings. The van der Waals surface area contributed by atoms with E-state index in [0.717, 1.165) is 5.56 Å². The molecule has 5 heteroatoms. The van der Waals surface area contributed by atoms with E-state index in [4.69, 9.17) is 21.6 Å². The second kappa shape index (κ2) is 5.28.